The number of rotatable bonds is 10. The van der Waals surface area contributed by atoms with Crippen LogP contribution >= 0.6 is 23.2 Å². The van der Waals surface area contributed by atoms with Crippen molar-refractivity contribution < 1.29 is 14.0 Å². The zero-order chi connectivity index (χ0) is 23.6. The van der Waals surface area contributed by atoms with E-state index in [-0.39, 0.29) is 19.0 Å². The van der Waals surface area contributed by atoms with Crippen LogP contribution in [-0.4, -0.2) is 41.4 Å². The number of benzene rings is 2. The molecule has 1 aromatic heterocycles. The lowest BCUT2D eigenvalue weighted by Crippen LogP contribution is -2.45. The molecule has 2 aromatic carbocycles. The van der Waals surface area contributed by atoms with Crippen LogP contribution in [0.5, 0.6) is 0 Å². The van der Waals surface area contributed by atoms with Gasteiger partial charge in [0.05, 0.1) is 23.5 Å². The average molecular weight is 486 g/mol. The number of halogens is 2. The van der Waals surface area contributed by atoms with E-state index in [1.165, 1.54) is 11.0 Å². The van der Waals surface area contributed by atoms with Crippen LogP contribution in [0, 0.1) is 0 Å². The predicted molar refractivity (Wildman–Crippen MR) is 132 cm³/mol. The van der Waals surface area contributed by atoms with Gasteiger partial charge in [-0.2, -0.15) is 0 Å². The van der Waals surface area contributed by atoms with E-state index in [0.29, 0.717) is 41.0 Å². The average Bonchev–Trinajstić information content (AvgIpc) is 3.32. The maximum atomic E-state index is 13.2. The Hall–Kier alpha value is -3.22. The van der Waals surface area contributed by atoms with E-state index >= 15 is 0 Å². The first-order chi connectivity index (χ1) is 16.0. The summed E-state index contributed by atoms with van der Waals surface area (Å²) in [6.07, 6.45) is 3.82. The van der Waals surface area contributed by atoms with Crippen LogP contribution in [-0.2, 0) is 17.8 Å². The third kappa shape index (κ3) is 7.41. The van der Waals surface area contributed by atoms with Crippen molar-refractivity contribution in [3.63, 3.8) is 0 Å². The van der Waals surface area contributed by atoms with E-state index in [0.717, 1.165) is 5.56 Å². The summed E-state index contributed by atoms with van der Waals surface area (Å²) in [6.45, 7) is 4.56. The monoisotopic (exact) mass is 485 g/mol. The molecular formula is C25H25Cl2N3O3. The summed E-state index contributed by atoms with van der Waals surface area (Å²) in [5.74, 6) is 0.464. The molecule has 0 radical (unpaired) electrons. The van der Waals surface area contributed by atoms with Gasteiger partial charge < -0.3 is 19.5 Å². The summed E-state index contributed by atoms with van der Waals surface area (Å²) in [5.41, 5.74) is 1.52. The highest BCUT2D eigenvalue weighted by Gasteiger charge is 2.22. The first kappa shape index (κ1) is 24.4. The molecule has 8 heteroatoms. The van der Waals surface area contributed by atoms with Crippen molar-refractivity contribution >= 4 is 40.8 Å². The molecule has 33 heavy (non-hydrogen) atoms. The molecule has 1 heterocycles. The Bertz CT molecular complexity index is 1070. The standard InChI is InChI=1S/C25H25Cl2N3O3/c1-2-13-30(25(32)28-23-11-10-20(26)16-22(23)27)18-24(31)29(17-21-9-6-15-33-21)14-12-19-7-4-3-5-8-19/h2-11,15-16H,1,12-14,17-18H2,(H,28,32). The van der Waals surface area contributed by atoms with Gasteiger partial charge in [-0.1, -0.05) is 59.6 Å². The third-order valence-corrected chi connectivity index (χ3v) is 5.48. The second-order valence-electron chi connectivity index (χ2n) is 7.35. The van der Waals surface area contributed by atoms with Crippen molar-refractivity contribution in [2.24, 2.45) is 0 Å². The van der Waals surface area contributed by atoms with Crippen LogP contribution in [0.3, 0.4) is 0 Å². The normalized spacial score (nSPS) is 10.5. The second-order valence-corrected chi connectivity index (χ2v) is 8.20. The smallest absolute Gasteiger partial charge is 0.322 e. The van der Waals surface area contributed by atoms with E-state index in [9.17, 15) is 9.59 Å². The highest BCUT2D eigenvalue weighted by Crippen LogP contribution is 2.25. The molecule has 0 aliphatic carbocycles. The van der Waals surface area contributed by atoms with E-state index in [1.807, 2.05) is 36.4 Å². The lowest BCUT2D eigenvalue weighted by Gasteiger charge is -2.27. The van der Waals surface area contributed by atoms with Crippen molar-refractivity contribution in [3.8, 4) is 0 Å². The number of urea groups is 1. The molecule has 0 bridgehead atoms. The Labute approximate surface area is 203 Å². The summed E-state index contributed by atoms with van der Waals surface area (Å²) < 4.78 is 5.44. The van der Waals surface area contributed by atoms with Crippen molar-refractivity contribution in [1.29, 1.82) is 0 Å². The van der Waals surface area contributed by atoms with Crippen molar-refractivity contribution in [2.45, 2.75) is 13.0 Å². The van der Waals surface area contributed by atoms with Gasteiger partial charge in [0, 0.05) is 18.1 Å². The Balaban J connectivity index is 1.70. The number of amides is 3. The van der Waals surface area contributed by atoms with Gasteiger partial charge in [-0.3, -0.25) is 4.79 Å². The molecular weight excluding hydrogens is 461 g/mol. The number of hydrogen-bond acceptors (Lipinski definition) is 3. The topological polar surface area (TPSA) is 65.8 Å². The van der Waals surface area contributed by atoms with Crippen LogP contribution in [0.25, 0.3) is 0 Å². The molecule has 6 nitrogen and oxygen atoms in total. The van der Waals surface area contributed by atoms with E-state index in [1.54, 1.807) is 35.4 Å². The van der Waals surface area contributed by atoms with Gasteiger partial charge in [0.25, 0.3) is 0 Å². The lowest BCUT2D eigenvalue weighted by molar-refractivity contribution is -0.132. The summed E-state index contributed by atoms with van der Waals surface area (Å²) >= 11 is 12.1. The lowest BCUT2D eigenvalue weighted by atomic mass is 10.1. The maximum absolute atomic E-state index is 13.2. The fourth-order valence-corrected chi connectivity index (χ4v) is 3.67. The molecule has 3 rings (SSSR count). The Kier molecular flexibility index (Phi) is 8.98. The summed E-state index contributed by atoms with van der Waals surface area (Å²) in [4.78, 5) is 29.2. The first-order valence-corrected chi connectivity index (χ1v) is 11.2. The summed E-state index contributed by atoms with van der Waals surface area (Å²) in [7, 11) is 0. The van der Waals surface area contributed by atoms with Crippen LogP contribution in [0.4, 0.5) is 10.5 Å². The van der Waals surface area contributed by atoms with E-state index < -0.39 is 6.03 Å². The molecule has 3 amide bonds. The molecule has 0 fully saturated rings. The number of carbonyl (C=O) groups is 2. The molecule has 0 saturated heterocycles. The fourth-order valence-electron chi connectivity index (χ4n) is 3.21. The van der Waals surface area contributed by atoms with Crippen molar-refractivity contribution in [3.05, 3.63) is 101 Å². The van der Waals surface area contributed by atoms with Gasteiger partial charge in [-0.05, 0) is 42.3 Å². The quantitative estimate of drug-likeness (QED) is 0.364. The van der Waals surface area contributed by atoms with Crippen molar-refractivity contribution in [1.82, 2.24) is 9.80 Å². The molecule has 0 spiro atoms. The van der Waals surface area contributed by atoms with Crippen LogP contribution in [0.2, 0.25) is 10.0 Å². The van der Waals surface area contributed by atoms with Crippen LogP contribution in [0.15, 0.2) is 84.0 Å². The maximum Gasteiger partial charge on any atom is 0.322 e. The number of nitrogens with one attached hydrogen (secondary N) is 1. The molecule has 0 atom stereocenters. The number of anilines is 1. The Morgan fingerprint density at radius 3 is 2.48 bits per heavy atom. The Morgan fingerprint density at radius 2 is 1.82 bits per heavy atom. The van der Waals surface area contributed by atoms with Gasteiger partial charge in [0.15, 0.2) is 0 Å². The van der Waals surface area contributed by atoms with Crippen LogP contribution < -0.4 is 5.32 Å². The largest absolute Gasteiger partial charge is 0.467 e. The highest BCUT2D eigenvalue weighted by atomic mass is 35.5. The number of nitrogens with zero attached hydrogens (tertiary/aromatic N) is 2. The second kappa shape index (κ2) is 12.1. The minimum atomic E-state index is -0.464. The van der Waals surface area contributed by atoms with E-state index in [2.05, 4.69) is 11.9 Å². The highest BCUT2D eigenvalue weighted by molar-refractivity contribution is 6.36. The van der Waals surface area contributed by atoms with Crippen molar-refractivity contribution in [2.75, 3.05) is 25.0 Å². The van der Waals surface area contributed by atoms with Gasteiger partial charge in [0.1, 0.15) is 12.3 Å². The molecule has 0 aliphatic rings. The molecule has 1 N–H and O–H groups in total. The fraction of sp³-hybridized carbons (Fsp3) is 0.200. The van der Waals surface area contributed by atoms with Gasteiger partial charge in [-0.25, -0.2) is 4.79 Å². The zero-order valence-electron chi connectivity index (χ0n) is 18.0. The molecule has 0 saturated carbocycles. The minimum Gasteiger partial charge on any atom is -0.467 e. The SMILES string of the molecule is C=CCN(CC(=O)N(CCc1ccccc1)Cc1ccco1)C(=O)Nc1ccc(Cl)cc1Cl. The molecule has 3 aromatic rings. The number of furan rings is 1. The van der Waals surface area contributed by atoms with Crippen LogP contribution in [0.1, 0.15) is 11.3 Å². The molecule has 0 aliphatic heterocycles. The van der Waals surface area contributed by atoms with Gasteiger partial charge >= 0.3 is 6.03 Å². The molecule has 172 valence electrons. The third-order valence-electron chi connectivity index (χ3n) is 4.93. The van der Waals surface area contributed by atoms with Gasteiger partial charge in [0.2, 0.25) is 5.91 Å². The first-order valence-electron chi connectivity index (χ1n) is 10.4. The summed E-state index contributed by atoms with van der Waals surface area (Å²) in [6, 6.07) is 17.8. The molecule has 0 unspecified atom stereocenters. The number of carbonyl (C=O) groups excluding carboxylic acids is 2. The zero-order valence-corrected chi connectivity index (χ0v) is 19.6. The van der Waals surface area contributed by atoms with E-state index in [4.69, 9.17) is 27.6 Å². The minimum absolute atomic E-state index is 0.126. The predicted octanol–water partition coefficient (Wildman–Crippen LogP) is 5.88. The number of hydrogen-bond donors (Lipinski definition) is 1. The Morgan fingerprint density at radius 1 is 1.03 bits per heavy atom. The van der Waals surface area contributed by atoms with Gasteiger partial charge in [-0.15, -0.1) is 6.58 Å². The summed E-state index contributed by atoms with van der Waals surface area (Å²) in [5, 5.41) is 3.50.